The van der Waals surface area contributed by atoms with Gasteiger partial charge in [-0.15, -0.1) is 0 Å². The predicted molar refractivity (Wildman–Crippen MR) is 60.5 cm³/mol. The van der Waals surface area contributed by atoms with E-state index in [9.17, 15) is 13.2 Å². The molecule has 0 aliphatic heterocycles. The lowest BCUT2D eigenvalue weighted by Crippen LogP contribution is -2.03. The van der Waals surface area contributed by atoms with Crippen molar-refractivity contribution < 1.29 is 13.2 Å². The number of anilines is 1. The van der Waals surface area contributed by atoms with Crippen LogP contribution in [0.4, 0.5) is 19.0 Å². The molecule has 0 saturated carbocycles. The number of rotatable bonds is 2. The van der Waals surface area contributed by atoms with E-state index in [0.717, 1.165) is 6.07 Å². The summed E-state index contributed by atoms with van der Waals surface area (Å²) in [6.07, 6.45) is 0. The minimum absolute atomic E-state index is 0.0111. The SMILES string of the molecule is CCNc1nc2cc(F)c(F)c(F)c2cc1C. The summed E-state index contributed by atoms with van der Waals surface area (Å²) < 4.78 is 39.6. The average Bonchev–Trinajstić information content (AvgIpc) is 2.29. The number of nitrogens with zero attached hydrogens (tertiary/aromatic N) is 1. The first-order valence-corrected chi connectivity index (χ1v) is 5.23. The lowest BCUT2D eigenvalue weighted by molar-refractivity contribution is 0.453. The maximum Gasteiger partial charge on any atom is 0.195 e. The van der Waals surface area contributed by atoms with E-state index < -0.39 is 17.5 Å². The monoisotopic (exact) mass is 240 g/mol. The molecule has 1 heterocycles. The van der Waals surface area contributed by atoms with Gasteiger partial charge in [0.05, 0.1) is 5.52 Å². The van der Waals surface area contributed by atoms with Crippen molar-refractivity contribution in [2.45, 2.75) is 13.8 Å². The summed E-state index contributed by atoms with van der Waals surface area (Å²) in [7, 11) is 0. The van der Waals surface area contributed by atoms with Crippen LogP contribution in [0.15, 0.2) is 12.1 Å². The average molecular weight is 240 g/mol. The van der Waals surface area contributed by atoms with Gasteiger partial charge >= 0.3 is 0 Å². The van der Waals surface area contributed by atoms with E-state index in [4.69, 9.17) is 0 Å². The van der Waals surface area contributed by atoms with E-state index in [1.807, 2.05) is 6.92 Å². The first-order valence-electron chi connectivity index (χ1n) is 5.23. The maximum absolute atomic E-state index is 13.5. The van der Waals surface area contributed by atoms with E-state index in [0.29, 0.717) is 17.9 Å². The zero-order chi connectivity index (χ0) is 12.6. The number of pyridine rings is 1. The van der Waals surface area contributed by atoms with Crippen molar-refractivity contribution in [3.63, 3.8) is 0 Å². The number of aromatic nitrogens is 1. The van der Waals surface area contributed by atoms with Crippen molar-refractivity contribution in [1.29, 1.82) is 0 Å². The summed E-state index contributed by atoms with van der Waals surface area (Å²) in [6.45, 7) is 4.26. The zero-order valence-electron chi connectivity index (χ0n) is 9.44. The van der Waals surface area contributed by atoms with Gasteiger partial charge in [-0.05, 0) is 25.5 Å². The van der Waals surface area contributed by atoms with Crippen molar-refractivity contribution in [3.8, 4) is 0 Å². The maximum atomic E-state index is 13.5. The number of aryl methyl sites for hydroxylation is 1. The smallest absolute Gasteiger partial charge is 0.195 e. The molecule has 1 aromatic carbocycles. The molecular formula is C12H11F3N2. The highest BCUT2D eigenvalue weighted by Gasteiger charge is 2.15. The largest absolute Gasteiger partial charge is 0.370 e. The summed E-state index contributed by atoms with van der Waals surface area (Å²) >= 11 is 0. The molecule has 0 fully saturated rings. The van der Waals surface area contributed by atoms with Gasteiger partial charge in [0.1, 0.15) is 5.82 Å². The van der Waals surface area contributed by atoms with Crippen LogP contribution < -0.4 is 5.32 Å². The third-order valence-electron chi connectivity index (χ3n) is 2.49. The molecule has 0 aliphatic rings. The lowest BCUT2D eigenvalue weighted by Gasteiger charge is -2.09. The number of benzene rings is 1. The van der Waals surface area contributed by atoms with E-state index in [-0.39, 0.29) is 10.9 Å². The highest BCUT2D eigenvalue weighted by Crippen LogP contribution is 2.25. The fourth-order valence-electron chi connectivity index (χ4n) is 1.67. The highest BCUT2D eigenvalue weighted by molar-refractivity contribution is 5.82. The molecule has 0 amide bonds. The summed E-state index contributed by atoms with van der Waals surface area (Å²) in [5, 5.41) is 2.96. The van der Waals surface area contributed by atoms with Crippen molar-refractivity contribution in [3.05, 3.63) is 35.1 Å². The number of halogens is 3. The van der Waals surface area contributed by atoms with E-state index in [1.165, 1.54) is 6.07 Å². The van der Waals surface area contributed by atoms with Crippen molar-refractivity contribution >= 4 is 16.7 Å². The van der Waals surface area contributed by atoms with E-state index in [1.54, 1.807) is 6.92 Å². The molecule has 2 nitrogen and oxygen atoms in total. The van der Waals surface area contributed by atoms with Crippen molar-refractivity contribution in [2.24, 2.45) is 0 Å². The molecule has 0 radical (unpaired) electrons. The van der Waals surface area contributed by atoms with Crippen LogP contribution in [0.25, 0.3) is 10.9 Å². The number of fused-ring (bicyclic) bond motifs is 1. The number of nitrogens with one attached hydrogen (secondary N) is 1. The summed E-state index contributed by atoms with van der Waals surface area (Å²) in [5.41, 5.74) is 0.784. The Bertz CT molecular complexity index is 582. The molecule has 0 spiro atoms. The van der Waals surface area contributed by atoms with Gasteiger partial charge in [-0.1, -0.05) is 0 Å². The first kappa shape index (κ1) is 11.7. The van der Waals surface area contributed by atoms with Crippen molar-refractivity contribution in [1.82, 2.24) is 4.98 Å². The summed E-state index contributed by atoms with van der Waals surface area (Å²) in [6, 6.07) is 2.35. The number of hydrogen-bond donors (Lipinski definition) is 1. The molecule has 1 N–H and O–H groups in total. The molecular weight excluding hydrogens is 229 g/mol. The Morgan fingerprint density at radius 3 is 2.53 bits per heavy atom. The van der Waals surface area contributed by atoms with Crippen LogP contribution in [0.3, 0.4) is 0 Å². The highest BCUT2D eigenvalue weighted by atomic mass is 19.2. The van der Waals surface area contributed by atoms with Crippen LogP contribution >= 0.6 is 0 Å². The summed E-state index contributed by atoms with van der Waals surface area (Å²) in [4.78, 5) is 4.07. The van der Waals surface area contributed by atoms with Gasteiger partial charge in [-0.25, -0.2) is 18.2 Å². The molecule has 0 saturated heterocycles. The van der Waals surface area contributed by atoms with Gasteiger partial charge in [0.25, 0.3) is 0 Å². The lowest BCUT2D eigenvalue weighted by atomic mass is 10.1. The van der Waals surface area contributed by atoms with Gasteiger partial charge in [-0.3, -0.25) is 0 Å². The van der Waals surface area contributed by atoms with Crippen LogP contribution in [-0.2, 0) is 0 Å². The van der Waals surface area contributed by atoms with Gasteiger partial charge in [0, 0.05) is 18.0 Å². The van der Waals surface area contributed by atoms with Crippen LogP contribution in [0.5, 0.6) is 0 Å². The van der Waals surface area contributed by atoms with Crippen LogP contribution in [-0.4, -0.2) is 11.5 Å². The number of hydrogen-bond acceptors (Lipinski definition) is 2. The molecule has 2 rings (SSSR count). The molecule has 0 unspecified atom stereocenters. The van der Waals surface area contributed by atoms with Crippen molar-refractivity contribution in [2.75, 3.05) is 11.9 Å². The zero-order valence-corrected chi connectivity index (χ0v) is 9.44. The predicted octanol–water partition coefficient (Wildman–Crippen LogP) is 3.39. The molecule has 0 atom stereocenters. The fourth-order valence-corrected chi connectivity index (χ4v) is 1.67. The fraction of sp³-hybridized carbons (Fsp3) is 0.250. The molecule has 1 aromatic heterocycles. The molecule has 17 heavy (non-hydrogen) atoms. The Kier molecular flexibility index (Phi) is 2.92. The molecule has 0 bridgehead atoms. The molecule has 2 aromatic rings. The first-order chi connectivity index (χ1) is 8.04. The quantitative estimate of drug-likeness (QED) is 0.814. The summed E-state index contributed by atoms with van der Waals surface area (Å²) in [5.74, 6) is -3.34. The van der Waals surface area contributed by atoms with Crippen LogP contribution in [0.1, 0.15) is 12.5 Å². The Balaban J connectivity index is 2.74. The topological polar surface area (TPSA) is 24.9 Å². The minimum atomic E-state index is -1.46. The molecule has 0 aliphatic carbocycles. The third kappa shape index (κ3) is 1.92. The third-order valence-corrected chi connectivity index (χ3v) is 2.49. The van der Waals surface area contributed by atoms with Gasteiger partial charge < -0.3 is 5.32 Å². The van der Waals surface area contributed by atoms with Crippen LogP contribution in [0.2, 0.25) is 0 Å². The van der Waals surface area contributed by atoms with Gasteiger partial charge in [-0.2, -0.15) is 0 Å². The van der Waals surface area contributed by atoms with Gasteiger partial charge in [0.2, 0.25) is 0 Å². The minimum Gasteiger partial charge on any atom is -0.370 e. The Morgan fingerprint density at radius 2 is 1.88 bits per heavy atom. The Labute approximate surface area is 96.5 Å². The normalized spacial score (nSPS) is 10.9. The van der Waals surface area contributed by atoms with Gasteiger partial charge in [0.15, 0.2) is 17.5 Å². The molecule has 5 heteroatoms. The second kappa shape index (κ2) is 4.24. The van der Waals surface area contributed by atoms with E-state index >= 15 is 0 Å². The molecule has 90 valence electrons. The van der Waals surface area contributed by atoms with Crippen LogP contribution in [0, 0.1) is 24.4 Å². The second-order valence-corrected chi connectivity index (χ2v) is 3.74. The standard InChI is InChI=1S/C12H11F3N2/c1-3-16-12-6(2)4-7-9(17-12)5-8(13)11(15)10(7)14/h4-5H,3H2,1-2H3,(H,16,17). The Morgan fingerprint density at radius 1 is 1.18 bits per heavy atom. The Hall–Kier alpha value is -1.78. The second-order valence-electron chi connectivity index (χ2n) is 3.74. The van der Waals surface area contributed by atoms with E-state index in [2.05, 4.69) is 10.3 Å².